The summed E-state index contributed by atoms with van der Waals surface area (Å²) < 4.78 is 0. The molecule has 0 radical (unpaired) electrons. The van der Waals surface area contributed by atoms with Crippen molar-refractivity contribution in [2.75, 3.05) is 0 Å². The van der Waals surface area contributed by atoms with E-state index in [0.29, 0.717) is 12.8 Å². The molecular weight excluding hydrogens is 168 g/mol. The Balaban J connectivity index is 2.93. The van der Waals surface area contributed by atoms with Crippen molar-refractivity contribution in [1.82, 2.24) is 0 Å². The van der Waals surface area contributed by atoms with Crippen LogP contribution in [0.1, 0.15) is 19.8 Å². The topological polar surface area (TPSA) is 57.5 Å². The van der Waals surface area contributed by atoms with Gasteiger partial charge in [0, 0.05) is 11.5 Å². The predicted octanol–water partition coefficient (Wildman–Crippen LogP) is 1.34. The van der Waals surface area contributed by atoms with Crippen molar-refractivity contribution >= 4 is 5.97 Å². The van der Waals surface area contributed by atoms with Gasteiger partial charge in [-0.2, -0.15) is 0 Å². The lowest BCUT2D eigenvalue weighted by atomic mass is 9.82. The van der Waals surface area contributed by atoms with Crippen LogP contribution in [0.5, 0.6) is 0 Å². The molecule has 1 rings (SSSR count). The molecule has 1 aliphatic carbocycles. The minimum atomic E-state index is -0.952. The lowest BCUT2D eigenvalue weighted by Crippen LogP contribution is -2.22. The van der Waals surface area contributed by atoms with Gasteiger partial charge >= 0.3 is 5.97 Å². The highest BCUT2D eigenvalue weighted by Crippen LogP contribution is 2.30. The summed E-state index contributed by atoms with van der Waals surface area (Å²) in [4.78, 5) is 10.8. The van der Waals surface area contributed by atoms with Crippen LogP contribution in [-0.4, -0.2) is 22.3 Å². The first kappa shape index (κ1) is 9.99. The molecule has 2 N–H and O–H groups in total. The average molecular weight is 182 g/mol. The first-order valence-corrected chi connectivity index (χ1v) is 4.31. The number of aliphatic carboxylic acids is 1. The summed E-state index contributed by atoms with van der Waals surface area (Å²) in [6.07, 6.45) is 2.11. The highest BCUT2D eigenvalue weighted by Gasteiger charge is 2.26. The van der Waals surface area contributed by atoms with Crippen LogP contribution < -0.4 is 0 Å². The number of aliphatic hydroxyl groups is 1. The number of carboxylic acid groups (broad SMARTS) is 1. The summed E-state index contributed by atoms with van der Waals surface area (Å²) in [7, 11) is 0. The second-order valence-corrected chi connectivity index (χ2v) is 3.47. The van der Waals surface area contributed by atoms with E-state index in [1.54, 1.807) is 0 Å². The van der Waals surface area contributed by atoms with Crippen molar-refractivity contribution in [3.05, 3.63) is 23.8 Å². The Hall–Kier alpha value is -1.09. The molecule has 0 fully saturated rings. The predicted molar refractivity (Wildman–Crippen MR) is 49.3 cm³/mol. The fourth-order valence-corrected chi connectivity index (χ4v) is 1.63. The number of hydrogen-bond donors (Lipinski definition) is 2. The van der Waals surface area contributed by atoms with Gasteiger partial charge in [0.1, 0.15) is 0 Å². The third-order valence-corrected chi connectivity index (χ3v) is 2.34. The SMILES string of the molecule is C=C(C)C1CCC(O)C=C1C(=O)O. The average Bonchev–Trinajstić information content (AvgIpc) is 2.03. The van der Waals surface area contributed by atoms with Gasteiger partial charge < -0.3 is 10.2 Å². The van der Waals surface area contributed by atoms with Gasteiger partial charge in [-0.1, -0.05) is 12.2 Å². The van der Waals surface area contributed by atoms with E-state index in [2.05, 4.69) is 6.58 Å². The number of carbonyl (C=O) groups is 1. The Morgan fingerprint density at radius 1 is 1.62 bits per heavy atom. The second-order valence-electron chi connectivity index (χ2n) is 3.47. The standard InChI is InChI=1S/C10H14O3/c1-6(2)8-4-3-7(11)5-9(8)10(12)13/h5,7-8,11H,1,3-4H2,2H3,(H,12,13). The van der Waals surface area contributed by atoms with Crippen LogP contribution in [0.3, 0.4) is 0 Å². The van der Waals surface area contributed by atoms with E-state index in [4.69, 9.17) is 5.11 Å². The molecule has 0 saturated heterocycles. The molecule has 0 aromatic carbocycles. The van der Waals surface area contributed by atoms with Gasteiger partial charge in [-0.25, -0.2) is 4.79 Å². The number of hydrogen-bond acceptors (Lipinski definition) is 2. The molecule has 1 aliphatic rings. The van der Waals surface area contributed by atoms with Gasteiger partial charge in [0.15, 0.2) is 0 Å². The minimum Gasteiger partial charge on any atom is -0.478 e. The van der Waals surface area contributed by atoms with E-state index in [1.165, 1.54) is 6.08 Å². The van der Waals surface area contributed by atoms with Gasteiger partial charge in [0.2, 0.25) is 0 Å². The summed E-state index contributed by atoms with van der Waals surface area (Å²) in [5.74, 6) is -1.05. The van der Waals surface area contributed by atoms with Crippen LogP contribution in [-0.2, 0) is 4.79 Å². The molecular formula is C10H14O3. The summed E-state index contributed by atoms with van der Waals surface area (Å²) in [5.41, 5.74) is 1.13. The number of rotatable bonds is 2. The third-order valence-electron chi connectivity index (χ3n) is 2.34. The van der Waals surface area contributed by atoms with Crippen molar-refractivity contribution in [2.24, 2.45) is 5.92 Å². The van der Waals surface area contributed by atoms with Crippen LogP contribution in [0.4, 0.5) is 0 Å². The maximum absolute atomic E-state index is 10.8. The van der Waals surface area contributed by atoms with Crippen LogP contribution in [0.25, 0.3) is 0 Å². The van der Waals surface area contributed by atoms with Gasteiger partial charge in [-0.15, -0.1) is 0 Å². The number of aliphatic hydroxyl groups excluding tert-OH is 1. The zero-order valence-electron chi connectivity index (χ0n) is 7.66. The molecule has 0 amide bonds. The molecule has 0 saturated carbocycles. The third kappa shape index (κ3) is 2.18. The normalized spacial score (nSPS) is 28.0. The van der Waals surface area contributed by atoms with E-state index < -0.39 is 12.1 Å². The number of allylic oxidation sites excluding steroid dienone is 1. The maximum Gasteiger partial charge on any atom is 0.331 e. The van der Waals surface area contributed by atoms with E-state index >= 15 is 0 Å². The van der Waals surface area contributed by atoms with E-state index in [1.807, 2.05) is 6.92 Å². The van der Waals surface area contributed by atoms with Gasteiger partial charge in [-0.3, -0.25) is 0 Å². The molecule has 2 atom stereocenters. The van der Waals surface area contributed by atoms with Gasteiger partial charge in [-0.05, 0) is 25.8 Å². The fraction of sp³-hybridized carbons (Fsp3) is 0.500. The molecule has 0 spiro atoms. The zero-order chi connectivity index (χ0) is 10.0. The maximum atomic E-state index is 10.8. The molecule has 2 unspecified atom stereocenters. The Morgan fingerprint density at radius 2 is 2.23 bits per heavy atom. The van der Waals surface area contributed by atoms with Crippen molar-refractivity contribution in [1.29, 1.82) is 0 Å². The molecule has 3 nitrogen and oxygen atoms in total. The smallest absolute Gasteiger partial charge is 0.331 e. The van der Waals surface area contributed by atoms with Crippen LogP contribution in [0.15, 0.2) is 23.8 Å². The van der Waals surface area contributed by atoms with Gasteiger partial charge in [0.25, 0.3) is 0 Å². The van der Waals surface area contributed by atoms with E-state index in [0.717, 1.165) is 5.57 Å². The molecule has 0 aromatic heterocycles. The van der Waals surface area contributed by atoms with Crippen LogP contribution in [0.2, 0.25) is 0 Å². The number of carboxylic acids is 1. The highest BCUT2D eigenvalue weighted by molar-refractivity contribution is 5.88. The van der Waals surface area contributed by atoms with Crippen molar-refractivity contribution in [3.8, 4) is 0 Å². The van der Waals surface area contributed by atoms with Crippen molar-refractivity contribution < 1.29 is 15.0 Å². The zero-order valence-corrected chi connectivity index (χ0v) is 7.66. The molecule has 0 heterocycles. The summed E-state index contributed by atoms with van der Waals surface area (Å²) in [6.45, 7) is 5.57. The van der Waals surface area contributed by atoms with Crippen molar-refractivity contribution in [3.63, 3.8) is 0 Å². The highest BCUT2D eigenvalue weighted by atomic mass is 16.4. The van der Waals surface area contributed by atoms with E-state index in [-0.39, 0.29) is 11.5 Å². The molecule has 72 valence electrons. The van der Waals surface area contributed by atoms with Crippen molar-refractivity contribution in [2.45, 2.75) is 25.9 Å². The quantitative estimate of drug-likeness (QED) is 0.634. The molecule has 0 aliphatic heterocycles. The van der Waals surface area contributed by atoms with E-state index in [9.17, 15) is 9.90 Å². The lowest BCUT2D eigenvalue weighted by Gasteiger charge is -2.24. The summed E-state index contributed by atoms with van der Waals surface area (Å²) in [5, 5.41) is 18.1. The fourth-order valence-electron chi connectivity index (χ4n) is 1.63. The Bertz CT molecular complexity index is 265. The Labute approximate surface area is 77.4 Å². The monoisotopic (exact) mass is 182 g/mol. The Kier molecular flexibility index (Phi) is 2.88. The molecule has 13 heavy (non-hydrogen) atoms. The minimum absolute atomic E-state index is 0.0964. The lowest BCUT2D eigenvalue weighted by molar-refractivity contribution is -0.133. The molecule has 3 heteroatoms. The molecule has 0 bridgehead atoms. The first-order chi connectivity index (χ1) is 6.02. The first-order valence-electron chi connectivity index (χ1n) is 4.31. The van der Waals surface area contributed by atoms with Crippen LogP contribution >= 0.6 is 0 Å². The van der Waals surface area contributed by atoms with Crippen LogP contribution in [0, 0.1) is 5.92 Å². The summed E-state index contributed by atoms with van der Waals surface area (Å²) >= 11 is 0. The van der Waals surface area contributed by atoms with Gasteiger partial charge in [0.05, 0.1) is 6.10 Å². The molecule has 0 aromatic rings. The second kappa shape index (κ2) is 3.75. The largest absolute Gasteiger partial charge is 0.478 e. The summed E-state index contributed by atoms with van der Waals surface area (Å²) in [6, 6.07) is 0. The Morgan fingerprint density at radius 3 is 2.69 bits per heavy atom.